The van der Waals surface area contributed by atoms with Gasteiger partial charge in [0.25, 0.3) is 0 Å². The van der Waals surface area contributed by atoms with Crippen LogP contribution in [0.25, 0.3) is 10.9 Å². The molecule has 25 heavy (non-hydrogen) atoms. The Morgan fingerprint density at radius 1 is 1.28 bits per heavy atom. The number of carbonyl (C=O) groups is 1. The molecule has 132 valence electrons. The van der Waals surface area contributed by atoms with Gasteiger partial charge in [-0.2, -0.15) is 5.10 Å². The molecule has 1 aromatic carbocycles. The van der Waals surface area contributed by atoms with Gasteiger partial charge in [-0.15, -0.1) is 0 Å². The van der Waals surface area contributed by atoms with E-state index in [0.717, 1.165) is 42.4 Å². The highest BCUT2D eigenvalue weighted by Crippen LogP contribution is 2.51. The lowest BCUT2D eigenvalue weighted by molar-refractivity contribution is -0.137. The summed E-state index contributed by atoms with van der Waals surface area (Å²) in [5, 5.41) is 20.0. The number of hydrogen-bond acceptors (Lipinski definition) is 3. The molecule has 1 saturated heterocycles. The molecule has 5 nitrogen and oxygen atoms in total. The van der Waals surface area contributed by atoms with Crippen molar-refractivity contribution >= 4 is 28.4 Å². The van der Waals surface area contributed by atoms with Gasteiger partial charge < -0.3 is 10.0 Å². The van der Waals surface area contributed by atoms with E-state index in [9.17, 15) is 9.90 Å². The Kier molecular flexibility index (Phi) is 3.41. The Labute approximate surface area is 151 Å². The van der Waals surface area contributed by atoms with E-state index in [0.29, 0.717) is 35.6 Å². The number of benzene rings is 1. The predicted molar refractivity (Wildman–Crippen MR) is 95.1 cm³/mol. The molecule has 2 heterocycles. The van der Waals surface area contributed by atoms with Crippen molar-refractivity contribution in [3.05, 3.63) is 28.9 Å². The molecule has 0 unspecified atom stereocenters. The molecule has 5 rings (SSSR count). The minimum absolute atomic E-state index is 0.260. The van der Waals surface area contributed by atoms with Gasteiger partial charge in [0, 0.05) is 29.4 Å². The van der Waals surface area contributed by atoms with E-state index < -0.39 is 5.60 Å². The summed E-state index contributed by atoms with van der Waals surface area (Å²) in [6.45, 7) is 1.58. The van der Waals surface area contributed by atoms with Crippen LogP contribution in [-0.4, -0.2) is 39.2 Å². The number of aromatic nitrogens is 2. The Morgan fingerprint density at radius 2 is 2.00 bits per heavy atom. The molecule has 2 aromatic rings. The number of nitrogens with one attached hydrogen (secondary N) is 1. The van der Waals surface area contributed by atoms with E-state index in [1.807, 2.05) is 17.0 Å². The van der Waals surface area contributed by atoms with Crippen LogP contribution in [0.5, 0.6) is 0 Å². The summed E-state index contributed by atoms with van der Waals surface area (Å²) >= 11 is 6.25. The molecule has 1 aromatic heterocycles. The fourth-order valence-electron chi connectivity index (χ4n) is 5.07. The van der Waals surface area contributed by atoms with Crippen LogP contribution in [0.15, 0.2) is 18.3 Å². The van der Waals surface area contributed by atoms with Gasteiger partial charge in [0.1, 0.15) is 0 Å². The van der Waals surface area contributed by atoms with Gasteiger partial charge >= 0.3 is 0 Å². The maximum absolute atomic E-state index is 12.5. The molecule has 0 bridgehead atoms. The van der Waals surface area contributed by atoms with E-state index in [2.05, 4.69) is 10.2 Å². The Hall–Kier alpha value is -1.59. The van der Waals surface area contributed by atoms with Crippen LogP contribution in [0.2, 0.25) is 5.02 Å². The van der Waals surface area contributed by atoms with Gasteiger partial charge in [0.15, 0.2) is 0 Å². The molecule has 3 atom stereocenters. The summed E-state index contributed by atoms with van der Waals surface area (Å²) in [6.07, 6.45) is 6.43. The zero-order valence-corrected chi connectivity index (χ0v) is 14.8. The van der Waals surface area contributed by atoms with Crippen molar-refractivity contribution in [1.82, 2.24) is 15.1 Å². The average Bonchev–Trinajstić information content (AvgIpc) is 3.17. The van der Waals surface area contributed by atoms with Crippen molar-refractivity contribution in [2.75, 3.05) is 13.1 Å². The zero-order chi connectivity index (χ0) is 17.2. The minimum Gasteiger partial charge on any atom is -0.385 e. The highest BCUT2D eigenvalue weighted by Gasteiger charge is 2.51. The van der Waals surface area contributed by atoms with E-state index in [-0.39, 0.29) is 5.92 Å². The SMILES string of the molecule is O=C(C1CCC1)N1C[C@@H]2C[C@](O)(c3cc(Cl)cc4[nH]ncc34)C[C@@H]2C1. The van der Waals surface area contributed by atoms with Crippen molar-refractivity contribution < 1.29 is 9.90 Å². The number of likely N-dealkylation sites (tertiary alicyclic amines) is 1. The highest BCUT2D eigenvalue weighted by molar-refractivity contribution is 6.31. The van der Waals surface area contributed by atoms with E-state index in [4.69, 9.17) is 11.6 Å². The highest BCUT2D eigenvalue weighted by atomic mass is 35.5. The minimum atomic E-state index is -0.881. The summed E-state index contributed by atoms with van der Waals surface area (Å²) < 4.78 is 0. The van der Waals surface area contributed by atoms with E-state index >= 15 is 0 Å². The third-order valence-corrected chi connectivity index (χ3v) is 6.79. The molecule has 2 saturated carbocycles. The summed E-state index contributed by atoms with van der Waals surface area (Å²) in [5.74, 6) is 1.34. The van der Waals surface area contributed by atoms with Crippen LogP contribution < -0.4 is 0 Å². The van der Waals surface area contributed by atoms with Gasteiger partial charge in [-0.1, -0.05) is 18.0 Å². The van der Waals surface area contributed by atoms with Crippen LogP contribution in [0, 0.1) is 17.8 Å². The lowest BCUT2D eigenvalue weighted by atomic mass is 9.84. The number of nitrogens with zero attached hydrogens (tertiary/aromatic N) is 2. The molecular formula is C19H22ClN3O2. The standard InChI is InChI=1S/C19H22ClN3O2/c20-14-4-16(15-8-21-22-17(15)5-14)19(25)6-12-9-23(10-13(12)7-19)18(24)11-2-1-3-11/h4-5,8,11-13,25H,1-3,6-7,9-10H2,(H,21,22)/t12-,13+,19+. The smallest absolute Gasteiger partial charge is 0.225 e. The maximum atomic E-state index is 12.5. The first-order valence-corrected chi connectivity index (χ1v) is 9.55. The number of aromatic amines is 1. The van der Waals surface area contributed by atoms with Crippen molar-refractivity contribution in [2.45, 2.75) is 37.7 Å². The summed E-state index contributed by atoms with van der Waals surface area (Å²) in [4.78, 5) is 14.6. The molecule has 0 radical (unpaired) electrons. The number of aliphatic hydroxyl groups is 1. The Bertz CT molecular complexity index is 830. The number of H-pyrrole nitrogens is 1. The molecule has 3 fully saturated rings. The lowest BCUT2D eigenvalue weighted by Crippen LogP contribution is -2.38. The second kappa shape index (κ2) is 5.45. The monoisotopic (exact) mass is 359 g/mol. The van der Waals surface area contributed by atoms with Crippen LogP contribution in [-0.2, 0) is 10.4 Å². The largest absolute Gasteiger partial charge is 0.385 e. The third kappa shape index (κ3) is 2.40. The molecule has 2 aliphatic carbocycles. The molecule has 6 heteroatoms. The van der Waals surface area contributed by atoms with Crippen LogP contribution in [0.4, 0.5) is 0 Å². The van der Waals surface area contributed by atoms with Gasteiger partial charge in [-0.05, 0) is 55.2 Å². The maximum Gasteiger partial charge on any atom is 0.225 e. The summed E-state index contributed by atoms with van der Waals surface area (Å²) in [6, 6.07) is 3.71. The van der Waals surface area contributed by atoms with E-state index in [1.54, 1.807) is 6.20 Å². The summed E-state index contributed by atoms with van der Waals surface area (Å²) in [5.41, 5.74) is 0.846. The molecule has 2 N–H and O–H groups in total. The van der Waals surface area contributed by atoms with Gasteiger partial charge in [-0.3, -0.25) is 9.89 Å². The zero-order valence-electron chi connectivity index (χ0n) is 14.0. The fraction of sp³-hybridized carbons (Fsp3) is 0.579. The summed E-state index contributed by atoms with van der Waals surface area (Å²) in [7, 11) is 0. The van der Waals surface area contributed by atoms with Crippen LogP contribution >= 0.6 is 11.6 Å². The number of carbonyl (C=O) groups excluding carboxylic acids is 1. The first-order chi connectivity index (χ1) is 12.0. The predicted octanol–water partition coefficient (Wildman–Crippen LogP) is 3.07. The third-order valence-electron chi connectivity index (χ3n) is 6.57. The first-order valence-electron chi connectivity index (χ1n) is 9.18. The Morgan fingerprint density at radius 3 is 2.64 bits per heavy atom. The van der Waals surface area contributed by atoms with Gasteiger partial charge in [0.2, 0.25) is 5.91 Å². The van der Waals surface area contributed by atoms with Crippen molar-refractivity contribution in [3.63, 3.8) is 0 Å². The van der Waals surface area contributed by atoms with Gasteiger partial charge in [0.05, 0.1) is 17.3 Å². The lowest BCUT2D eigenvalue weighted by Gasteiger charge is -2.31. The molecule has 1 aliphatic heterocycles. The number of halogens is 1. The molecule has 0 spiro atoms. The average molecular weight is 360 g/mol. The van der Waals surface area contributed by atoms with Crippen LogP contribution in [0.3, 0.4) is 0 Å². The quantitative estimate of drug-likeness (QED) is 0.865. The van der Waals surface area contributed by atoms with Crippen LogP contribution in [0.1, 0.15) is 37.7 Å². The molecular weight excluding hydrogens is 338 g/mol. The number of rotatable bonds is 2. The van der Waals surface area contributed by atoms with Crippen molar-refractivity contribution in [3.8, 4) is 0 Å². The second-order valence-electron chi connectivity index (χ2n) is 8.12. The second-order valence-corrected chi connectivity index (χ2v) is 8.55. The van der Waals surface area contributed by atoms with Gasteiger partial charge in [-0.25, -0.2) is 0 Å². The first kappa shape index (κ1) is 15.6. The van der Waals surface area contributed by atoms with E-state index in [1.165, 1.54) is 6.42 Å². The molecule has 1 amide bonds. The van der Waals surface area contributed by atoms with Crippen molar-refractivity contribution in [1.29, 1.82) is 0 Å². The normalized spacial score (nSPS) is 32.2. The topological polar surface area (TPSA) is 69.2 Å². The number of amides is 1. The number of hydrogen-bond donors (Lipinski definition) is 2. The Balaban J connectivity index is 1.39. The fourth-order valence-corrected chi connectivity index (χ4v) is 5.28. The van der Waals surface area contributed by atoms with Crippen molar-refractivity contribution in [2.24, 2.45) is 17.8 Å². The number of fused-ring (bicyclic) bond motifs is 2. The molecule has 3 aliphatic rings.